The number of ether oxygens (including phenoxy) is 1. The van der Waals surface area contributed by atoms with Crippen molar-refractivity contribution in [2.45, 2.75) is 4.90 Å². The number of carbonyl (C=O) groups is 1. The van der Waals surface area contributed by atoms with Crippen molar-refractivity contribution >= 4 is 16.1 Å². The van der Waals surface area contributed by atoms with Crippen LogP contribution in [0.5, 0.6) is 0 Å². The van der Waals surface area contributed by atoms with Gasteiger partial charge in [-0.1, -0.05) is 16.7 Å². The molecular weight excluding hydrogens is 208 g/mol. The molecular formula is C8H7O5S. The Labute approximate surface area is 81.1 Å². The van der Waals surface area contributed by atoms with Crippen LogP contribution in [-0.4, -0.2) is 21.5 Å². The van der Waals surface area contributed by atoms with E-state index in [1.807, 2.05) is 0 Å². The van der Waals surface area contributed by atoms with Crippen molar-refractivity contribution in [3.05, 3.63) is 29.8 Å². The maximum Gasteiger partial charge on any atom is 0.339 e. The van der Waals surface area contributed by atoms with Crippen molar-refractivity contribution in [1.29, 1.82) is 0 Å². The molecule has 0 aliphatic heterocycles. The van der Waals surface area contributed by atoms with Crippen LogP contribution < -0.4 is 0 Å². The van der Waals surface area contributed by atoms with E-state index in [1.165, 1.54) is 18.2 Å². The van der Waals surface area contributed by atoms with E-state index in [2.05, 4.69) is 4.74 Å². The zero-order valence-electron chi connectivity index (χ0n) is 7.26. The van der Waals surface area contributed by atoms with Gasteiger partial charge in [-0.05, 0) is 12.1 Å². The number of carbonyl (C=O) groups excluding carboxylic acids is 1. The van der Waals surface area contributed by atoms with Crippen molar-refractivity contribution in [2.75, 3.05) is 7.11 Å². The third-order valence-corrected chi connectivity index (χ3v) is 2.46. The van der Waals surface area contributed by atoms with E-state index in [0.717, 1.165) is 13.2 Å². The van der Waals surface area contributed by atoms with Gasteiger partial charge in [0, 0.05) is 0 Å². The Bertz CT molecular complexity index is 449. The Morgan fingerprint density at radius 2 is 1.86 bits per heavy atom. The Kier molecular flexibility index (Phi) is 2.87. The van der Waals surface area contributed by atoms with Crippen LogP contribution in [0.4, 0.5) is 0 Å². The van der Waals surface area contributed by atoms with E-state index in [-0.39, 0.29) is 5.56 Å². The molecule has 0 N–H and O–H groups in total. The standard InChI is InChI=1S/C8H7O5S/c1-13-8(9)6-4-2-3-5-7(6)14(10,11)12/h2-5H,1H3. The zero-order chi connectivity index (χ0) is 10.8. The monoisotopic (exact) mass is 215 g/mol. The minimum absolute atomic E-state index is 0.245. The minimum atomic E-state index is -4.64. The molecule has 5 nitrogen and oxygen atoms in total. The van der Waals surface area contributed by atoms with E-state index >= 15 is 0 Å². The van der Waals surface area contributed by atoms with Crippen LogP contribution in [0.1, 0.15) is 10.4 Å². The summed E-state index contributed by atoms with van der Waals surface area (Å²) in [5.74, 6) is -0.847. The molecule has 0 bridgehead atoms. The molecule has 0 amide bonds. The SMILES string of the molecule is COC(=O)c1ccccc1S([O])(=O)=O. The lowest BCUT2D eigenvalue weighted by molar-refractivity contribution is 0.0596. The first-order chi connectivity index (χ1) is 6.46. The molecule has 14 heavy (non-hydrogen) atoms. The third-order valence-electron chi connectivity index (χ3n) is 1.56. The summed E-state index contributed by atoms with van der Waals surface area (Å²) in [7, 11) is -3.53. The second kappa shape index (κ2) is 3.77. The van der Waals surface area contributed by atoms with E-state index in [4.69, 9.17) is 0 Å². The highest BCUT2D eigenvalue weighted by molar-refractivity contribution is 7.85. The fraction of sp³-hybridized carbons (Fsp3) is 0.125. The van der Waals surface area contributed by atoms with Gasteiger partial charge >= 0.3 is 16.1 Å². The Balaban J connectivity index is 3.38. The lowest BCUT2D eigenvalue weighted by Crippen LogP contribution is -2.08. The second-order valence-corrected chi connectivity index (χ2v) is 3.79. The highest BCUT2D eigenvalue weighted by Gasteiger charge is 2.21. The molecule has 0 heterocycles. The van der Waals surface area contributed by atoms with Crippen LogP contribution in [0.25, 0.3) is 0 Å². The predicted molar refractivity (Wildman–Crippen MR) is 45.7 cm³/mol. The fourth-order valence-electron chi connectivity index (χ4n) is 0.963. The van der Waals surface area contributed by atoms with Crippen molar-refractivity contribution in [1.82, 2.24) is 0 Å². The van der Waals surface area contributed by atoms with Gasteiger partial charge in [0.2, 0.25) is 0 Å². The Morgan fingerprint density at radius 1 is 1.29 bits per heavy atom. The Morgan fingerprint density at radius 3 is 2.36 bits per heavy atom. The van der Waals surface area contributed by atoms with E-state index < -0.39 is 21.0 Å². The normalized spacial score (nSPS) is 11.0. The van der Waals surface area contributed by atoms with E-state index in [1.54, 1.807) is 0 Å². The average Bonchev–Trinajstić information content (AvgIpc) is 2.15. The number of esters is 1. The molecule has 0 aliphatic rings. The van der Waals surface area contributed by atoms with Crippen LogP contribution in [-0.2, 0) is 19.4 Å². The number of hydrogen-bond acceptors (Lipinski definition) is 4. The van der Waals surface area contributed by atoms with Crippen LogP contribution in [0.2, 0.25) is 0 Å². The van der Waals surface area contributed by atoms with Crippen molar-refractivity contribution in [3.8, 4) is 0 Å². The van der Waals surface area contributed by atoms with Crippen molar-refractivity contribution in [2.24, 2.45) is 0 Å². The molecule has 0 saturated carbocycles. The third kappa shape index (κ3) is 2.09. The number of hydrogen-bond donors (Lipinski definition) is 0. The number of benzene rings is 1. The quantitative estimate of drug-likeness (QED) is 0.676. The predicted octanol–water partition coefficient (Wildman–Crippen LogP) is 0.592. The van der Waals surface area contributed by atoms with Crippen LogP contribution >= 0.6 is 0 Å². The van der Waals surface area contributed by atoms with Gasteiger partial charge in [0.1, 0.15) is 4.90 Å². The van der Waals surface area contributed by atoms with Crippen LogP contribution in [0, 0.1) is 0 Å². The summed E-state index contributed by atoms with van der Waals surface area (Å²) in [5, 5.41) is 0. The van der Waals surface area contributed by atoms with E-state index in [0.29, 0.717) is 0 Å². The lowest BCUT2D eigenvalue weighted by atomic mass is 10.2. The first kappa shape index (κ1) is 10.7. The summed E-state index contributed by atoms with van der Waals surface area (Å²) in [5.41, 5.74) is -0.245. The molecule has 1 radical (unpaired) electrons. The van der Waals surface area contributed by atoms with Crippen molar-refractivity contribution < 1.29 is 22.5 Å². The molecule has 0 fully saturated rings. The highest BCUT2D eigenvalue weighted by atomic mass is 32.2. The summed E-state index contributed by atoms with van der Waals surface area (Å²) in [6.07, 6.45) is 0. The largest absolute Gasteiger partial charge is 0.465 e. The van der Waals surface area contributed by atoms with Crippen molar-refractivity contribution in [3.63, 3.8) is 0 Å². The van der Waals surface area contributed by atoms with Gasteiger partial charge in [-0.3, -0.25) is 0 Å². The van der Waals surface area contributed by atoms with Gasteiger partial charge in [-0.2, -0.15) is 8.42 Å². The first-order valence-electron chi connectivity index (χ1n) is 3.60. The number of rotatable bonds is 2. The summed E-state index contributed by atoms with van der Waals surface area (Å²) in [6, 6.07) is 5.09. The zero-order valence-corrected chi connectivity index (χ0v) is 8.08. The van der Waals surface area contributed by atoms with Crippen LogP contribution in [0.3, 0.4) is 0 Å². The molecule has 1 aromatic rings. The smallest absolute Gasteiger partial charge is 0.339 e. The molecule has 1 aromatic carbocycles. The molecule has 1 rings (SSSR count). The lowest BCUT2D eigenvalue weighted by Gasteiger charge is -2.02. The molecule has 0 atom stereocenters. The first-order valence-corrected chi connectivity index (χ1v) is 5.01. The molecule has 0 saturated heterocycles. The van der Waals surface area contributed by atoms with Gasteiger partial charge in [0.15, 0.2) is 0 Å². The summed E-state index contributed by atoms with van der Waals surface area (Å²) < 4.78 is 36.5. The van der Waals surface area contributed by atoms with E-state index in [9.17, 15) is 17.8 Å². The van der Waals surface area contributed by atoms with Gasteiger partial charge < -0.3 is 4.74 Å². The molecule has 0 spiro atoms. The maximum atomic E-state index is 11.1. The molecule has 6 heteroatoms. The highest BCUT2D eigenvalue weighted by Crippen LogP contribution is 2.15. The Hall–Kier alpha value is -1.40. The maximum absolute atomic E-state index is 11.1. The van der Waals surface area contributed by atoms with Gasteiger partial charge in [-0.25, -0.2) is 4.79 Å². The van der Waals surface area contributed by atoms with Gasteiger partial charge in [0.25, 0.3) is 0 Å². The molecule has 0 aliphatic carbocycles. The molecule has 75 valence electrons. The van der Waals surface area contributed by atoms with Gasteiger partial charge in [-0.15, -0.1) is 0 Å². The molecule has 0 unspecified atom stereocenters. The van der Waals surface area contributed by atoms with Crippen LogP contribution in [0.15, 0.2) is 29.2 Å². The second-order valence-electron chi connectivity index (χ2n) is 2.44. The topological polar surface area (TPSA) is 80.3 Å². The minimum Gasteiger partial charge on any atom is -0.465 e. The van der Waals surface area contributed by atoms with Gasteiger partial charge in [0.05, 0.1) is 12.7 Å². The number of methoxy groups -OCH3 is 1. The summed E-state index contributed by atoms with van der Waals surface area (Å²) in [4.78, 5) is 10.5. The summed E-state index contributed by atoms with van der Waals surface area (Å²) >= 11 is 0. The fourth-order valence-corrected chi connectivity index (χ4v) is 1.63. The average molecular weight is 215 g/mol. The molecule has 0 aromatic heterocycles. The summed E-state index contributed by atoms with van der Waals surface area (Å²) in [6.45, 7) is 0.